The van der Waals surface area contributed by atoms with Crippen LogP contribution in [-0.2, 0) is 0 Å². The highest BCUT2D eigenvalue weighted by Crippen LogP contribution is 2.36. The molecule has 0 spiro atoms. The van der Waals surface area contributed by atoms with E-state index < -0.39 is 0 Å². The van der Waals surface area contributed by atoms with Crippen molar-refractivity contribution in [3.05, 3.63) is 0 Å². The Morgan fingerprint density at radius 3 is 2.39 bits per heavy atom. The third-order valence-electron chi connectivity index (χ3n) is 4.91. The zero-order valence-corrected chi connectivity index (χ0v) is 13.3. The van der Waals surface area contributed by atoms with E-state index in [-0.39, 0.29) is 0 Å². The molecule has 106 valence electrons. The summed E-state index contributed by atoms with van der Waals surface area (Å²) in [6.07, 6.45) is 4.28. The van der Waals surface area contributed by atoms with Crippen molar-refractivity contribution in [1.29, 1.82) is 0 Å². The second-order valence-corrected chi connectivity index (χ2v) is 7.76. The van der Waals surface area contributed by atoms with E-state index in [4.69, 9.17) is 0 Å². The molecule has 1 saturated carbocycles. The highest BCUT2D eigenvalue weighted by Gasteiger charge is 2.36. The van der Waals surface area contributed by atoms with Crippen LogP contribution < -0.4 is 5.32 Å². The number of likely N-dealkylation sites (N-methyl/N-ethyl adjacent to an activating group) is 2. The van der Waals surface area contributed by atoms with E-state index in [2.05, 4.69) is 49.9 Å². The fourth-order valence-electron chi connectivity index (χ4n) is 4.13. The van der Waals surface area contributed by atoms with E-state index in [0.717, 1.165) is 23.8 Å². The summed E-state index contributed by atoms with van der Waals surface area (Å²) in [5, 5.41) is 3.66. The first-order chi connectivity index (χ1) is 8.61. The van der Waals surface area contributed by atoms with Gasteiger partial charge >= 0.3 is 0 Å². The molecule has 1 heterocycles. The smallest absolute Gasteiger partial charge is 0.0339 e. The van der Waals surface area contributed by atoms with Gasteiger partial charge in [-0.05, 0) is 51.1 Å². The largest absolute Gasteiger partial charge is 0.315 e. The van der Waals surface area contributed by atoms with Crippen molar-refractivity contribution >= 4 is 11.8 Å². The van der Waals surface area contributed by atoms with E-state index in [1.165, 1.54) is 37.3 Å². The lowest BCUT2D eigenvalue weighted by Gasteiger charge is -2.44. The molecule has 18 heavy (non-hydrogen) atoms. The summed E-state index contributed by atoms with van der Waals surface area (Å²) in [5.41, 5.74) is 0. The van der Waals surface area contributed by atoms with Crippen LogP contribution in [0.1, 0.15) is 33.1 Å². The first-order valence-corrected chi connectivity index (χ1v) is 8.72. The molecule has 0 aromatic heterocycles. The molecule has 0 bridgehead atoms. The van der Waals surface area contributed by atoms with Crippen LogP contribution in [0, 0.1) is 17.8 Å². The fourth-order valence-corrected chi connectivity index (χ4v) is 5.42. The Morgan fingerprint density at radius 2 is 1.83 bits per heavy atom. The molecule has 4 unspecified atom stereocenters. The van der Waals surface area contributed by atoms with Crippen LogP contribution in [0.15, 0.2) is 0 Å². The van der Waals surface area contributed by atoms with Gasteiger partial charge < -0.3 is 10.2 Å². The minimum absolute atomic E-state index is 0.688. The number of thioether (sulfide) groups is 1. The second-order valence-electron chi connectivity index (χ2n) is 6.61. The number of nitrogens with zero attached hydrogens (tertiary/aromatic N) is 1. The molecular formula is C15H30N2S. The van der Waals surface area contributed by atoms with Crippen molar-refractivity contribution in [3.8, 4) is 0 Å². The van der Waals surface area contributed by atoms with Gasteiger partial charge in [-0.15, -0.1) is 0 Å². The second kappa shape index (κ2) is 6.62. The fraction of sp³-hybridized carbons (Fsp3) is 1.00. The van der Waals surface area contributed by atoms with Crippen molar-refractivity contribution in [2.24, 2.45) is 17.8 Å². The average molecular weight is 270 g/mol. The Morgan fingerprint density at radius 1 is 1.17 bits per heavy atom. The molecule has 0 amide bonds. The van der Waals surface area contributed by atoms with Gasteiger partial charge in [-0.1, -0.05) is 13.8 Å². The third kappa shape index (κ3) is 3.43. The summed E-state index contributed by atoms with van der Waals surface area (Å²) in [6, 6.07) is 1.42. The Labute approximate surface area is 117 Å². The summed E-state index contributed by atoms with van der Waals surface area (Å²) in [6.45, 7) is 6.13. The predicted molar refractivity (Wildman–Crippen MR) is 82.3 cm³/mol. The Bertz CT molecular complexity index is 249. The van der Waals surface area contributed by atoms with Gasteiger partial charge in [-0.25, -0.2) is 0 Å². The number of nitrogens with one attached hydrogen (secondary N) is 1. The Kier molecular flexibility index (Phi) is 5.40. The van der Waals surface area contributed by atoms with Crippen LogP contribution in [0.4, 0.5) is 0 Å². The van der Waals surface area contributed by atoms with Gasteiger partial charge in [0.1, 0.15) is 0 Å². The normalized spacial score (nSPS) is 40.7. The lowest BCUT2D eigenvalue weighted by molar-refractivity contribution is 0.120. The summed E-state index contributed by atoms with van der Waals surface area (Å²) < 4.78 is 0. The maximum atomic E-state index is 3.66. The van der Waals surface area contributed by atoms with E-state index in [9.17, 15) is 0 Å². The quantitative estimate of drug-likeness (QED) is 0.849. The zero-order chi connectivity index (χ0) is 13.1. The molecule has 2 nitrogen and oxygen atoms in total. The van der Waals surface area contributed by atoms with Crippen molar-refractivity contribution in [3.63, 3.8) is 0 Å². The molecule has 0 radical (unpaired) electrons. The van der Waals surface area contributed by atoms with Gasteiger partial charge in [-0.2, -0.15) is 11.8 Å². The molecule has 4 atom stereocenters. The molecule has 1 saturated heterocycles. The van der Waals surface area contributed by atoms with Gasteiger partial charge in [0.05, 0.1) is 0 Å². The first-order valence-electron chi connectivity index (χ1n) is 7.57. The third-order valence-corrected chi connectivity index (χ3v) is 5.96. The van der Waals surface area contributed by atoms with Crippen molar-refractivity contribution < 1.29 is 0 Å². The summed E-state index contributed by atoms with van der Waals surface area (Å²) in [4.78, 5) is 2.58. The minimum Gasteiger partial charge on any atom is -0.315 e. The van der Waals surface area contributed by atoms with Crippen LogP contribution in [0.3, 0.4) is 0 Å². The first kappa shape index (κ1) is 14.7. The molecule has 2 rings (SSSR count). The SMILES string of the molecule is CNC(C1CC(C)CC(C)C1)C1CSCCN1C. The molecule has 1 N–H and O–H groups in total. The Hall–Kier alpha value is 0.270. The van der Waals surface area contributed by atoms with E-state index in [1.807, 2.05) is 0 Å². The van der Waals surface area contributed by atoms with E-state index >= 15 is 0 Å². The van der Waals surface area contributed by atoms with Crippen LogP contribution in [0.25, 0.3) is 0 Å². The van der Waals surface area contributed by atoms with Crippen molar-refractivity contribution in [1.82, 2.24) is 10.2 Å². The van der Waals surface area contributed by atoms with Crippen LogP contribution in [0.2, 0.25) is 0 Å². The van der Waals surface area contributed by atoms with Crippen LogP contribution in [0.5, 0.6) is 0 Å². The number of hydrogen-bond acceptors (Lipinski definition) is 3. The van der Waals surface area contributed by atoms with Crippen molar-refractivity contribution in [2.45, 2.75) is 45.2 Å². The van der Waals surface area contributed by atoms with Gasteiger partial charge in [0.15, 0.2) is 0 Å². The van der Waals surface area contributed by atoms with Gasteiger partial charge in [-0.3, -0.25) is 0 Å². The maximum Gasteiger partial charge on any atom is 0.0339 e. The molecule has 2 fully saturated rings. The highest BCUT2D eigenvalue weighted by atomic mass is 32.2. The minimum atomic E-state index is 0.688. The lowest BCUT2D eigenvalue weighted by atomic mass is 9.72. The molecule has 3 heteroatoms. The molecule has 0 aromatic rings. The van der Waals surface area contributed by atoms with Gasteiger partial charge in [0.2, 0.25) is 0 Å². The number of hydrogen-bond donors (Lipinski definition) is 1. The van der Waals surface area contributed by atoms with E-state index in [0.29, 0.717) is 6.04 Å². The average Bonchev–Trinajstić information content (AvgIpc) is 2.31. The molecule has 1 aliphatic carbocycles. The van der Waals surface area contributed by atoms with Gasteiger partial charge in [0, 0.05) is 30.1 Å². The predicted octanol–water partition coefficient (Wildman–Crippen LogP) is 2.69. The highest BCUT2D eigenvalue weighted by molar-refractivity contribution is 7.99. The molecular weight excluding hydrogens is 240 g/mol. The monoisotopic (exact) mass is 270 g/mol. The summed E-state index contributed by atoms with van der Waals surface area (Å²) in [5.74, 6) is 5.31. The van der Waals surface area contributed by atoms with Crippen LogP contribution in [-0.4, -0.2) is 49.1 Å². The maximum absolute atomic E-state index is 3.66. The number of rotatable bonds is 3. The van der Waals surface area contributed by atoms with Gasteiger partial charge in [0.25, 0.3) is 0 Å². The standard InChI is InChI=1S/C15H30N2S/c1-11-7-12(2)9-13(8-11)15(16-3)14-10-18-6-5-17(14)4/h11-16H,5-10H2,1-4H3. The Balaban J connectivity index is 2.02. The molecule has 0 aromatic carbocycles. The molecule has 2 aliphatic rings. The van der Waals surface area contributed by atoms with Crippen molar-refractivity contribution in [2.75, 3.05) is 32.1 Å². The summed E-state index contributed by atoms with van der Waals surface area (Å²) >= 11 is 2.13. The lowest BCUT2D eigenvalue weighted by Crippen LogP contribution is -2.55. The summed E-state index contributed by atoms with van der Waals surface area (Å²) in [7, 11) is 4.48. The van der Waals surface area contributed by atoms with Crippen LogP contribution >= 0.6 is 11.8 Å². The topological polar surface area (TPSA) is 15.3 Å². The molecule has 1 aliphatic heterocycles. The van der Waals surface area contributed by atoms with E-state index in [1.54, 1.807) is 0 Å². The zero-order valence-electron chi connectivity index (χ0n) is 12.5.